The molecule has 1 amide bonds. The summed E-state index contributed by atoms with van der Waals surface area (Å²) in [5, 5.41) is 10.7. The van der Waals surface area contributed by atoms with Gasteiger partial charge in [-0.25, -0.2) is 9.48 Å². The average molecular weight is 275 g/mol. The summed E-state index contributed by atoms with van der Waals surface area (Å²) in [4.78, 5) is 34.1. The summed E-state index contributed by atoms with van der Waals surface area (Å²) >= 11 is 0. The fourth-order valence-corrected chi connectivity index (χ4v) is 1.88. The number of benzene rings is 1. The fraction of sp³-hybridized carbons (Fsp3) is 0.154. The summed E-state index contributed by atoms with van der Waals surface area (Å²) in [6.45, 7) is 1.62. The van der Waals surface area contributed by atoms with Crippen LogP contribution in [0.4, 0.5) is 5.69 Å². The third-order valence-electron chi connectivity index (χ3n) is 2.99. The van der Waals surface area contributed by atoms with E-state index in [1.807, 2.05) is 6.07 Å². The van der Waals surface area contributed by atoms with Crippen LogP contribution >= 0.6 is 0 Å². The molecule has 0 fully saturated rings. The Morgan fingerprint density at radius 2 is 1.80 bits per heavy atom. The van der Waals surface area contributed by atoms with Gasteiger partial charge < -0.3 is 10.4 Å². The highest BCUT2D eigenvalue weighted by atomic mass is 16.4. The Kier molecular flexibility index (Phi) is 3.43. The number of amides is 1. The second-order valence-corrected chi connectivity index (χ2v) is 4.20. The van der Waals surface area contributed by atoms with E-state index in [0.717, 1.165) is 0 Å². The average Bonchev–Trinajstić information content (AvgIpc) is 2.63. The highest BCUT2D eigenvalue weighted by Gasteiger charge is 2.20. The zero-order valence-corrected chi connectivity index (χ0v) is 11.0. The summed E-state index contributed by atoms with van der Waals surface area (Å²) in [5.74, 6) is -2.88. The molecular weight excluding hydrogens is 262 g/mol. The quantitative estimate of drug-likeness (QED) is 0.781. The SMILES string of the molecule is Cc1c(NC(=O)C(=O)O)c(=O)n(-c2ccccc2)n1C. The van der Waals surface area contributed by atoms with Gasteiger partial charge in [0.15, 0.2) is 0 Å². The van der Waals surface area contributed by atoms with Crippen molar-refractivity contribution in [3.63, 3.8) is 0 Å². The minimum atomic E-state index is -1.64. The lowest BCUT2D eigenvalue weighted by molar-refractivity contribution is -0.147. The van der Waals surface area contributed by atoms with Gasteiger partial charge in [0.05, 0.1) is 11.4 Å². The van der Waals surface area contributed by atoms with Crippen molar-refractivity contribution in [2.45, 2.75) is 6.92 Å². The van der Waals surface area contributed by atoms with Gasteiger partial charge in [-0.05, 0) is 19.1 Å². The van der Waals surface area contributed by atoms with Gasteiger partial charge in [0.2, 0.25) is 0 Å². The second kappa shape index (κ2) is 5.04. The topological polar surface area (TPSA) is 93.3 Å². The second-order valence-electron chi connectivity index (χ2n) is 4.20. The number of aromatic nitrogens is 2. The zero-order chi connectivity index (χ0) is 14.9. The van der Waals surface area contributed by atoms with Crippen LogP contribution in [0.1, 0.15) is 5.69 Å². The van der Waals surface area contributed by atoms with Crippen LogP contribution < -0.4 is 10.9 Å². The lowest BCUT2D eigenvalue weighted by Crippen LogP contribution is -2.26. The van der Waals surface area contributed by atoms with Crippen LogP contribution in [0, 0.1) is 6.92 Å². The summed E-state index contributed by atoms with van der Waals surface area (Å²) in [5.41, 5.74) is 0.571. The molecule has 1 heterocycles. The number of carboxylic acid groups (broad SMARTS) is 1. The molecule has 2 aromatic rings. The van der Waals surface area contributed by atoms with Crippen molar-refractivity contribution in [2.24, 2.45) is 7.05 Å². The van der Waals surface area contributed by atoms with E-state index in [4.69, 9.17) is 5.11 Å². The zero-order valence-electron chi connectivity index (χ0n) is 11.0. The number of para-hydroxylation sites is 1. The monoisotopic (exact) mass is 275 g/mol. The minimum Gasteiger partial charge on any atom is -0.474 e. The van der Waals surface area contributed by atoms with E-state index in [1.54, 1.807) is 42.9 Å². The van der Waals surface area contributed by atoms with Gasteiger partial charge in [-0.15, -0.1) is 0 Å². The molecule has 20 heavy (non-hydrogen) atoms. The number of hydrogen-bond donors (Lipinski definition) is 2. The van der Waals surface area contributed by atoms with Crippen LogP contribution in [-0.2, 0) is 16.6 Å². The number of nitrogens with zero attached hydrogens (tertiary/aromatic N) is 2. The lowest BCUT2D eigenvalue weighted by atomic mass is 10.3. The molecule has 0 bridgehead atoms. The Morgan fingerprint density at radius 1 is 1.20 bits per heavy atom. The predicted molar refractivity (Wildman–Crippen MR) is 72.0 cm³/mol. The molecule has 2 rings (SSSR count). The molecule has 7 nitrogen and oxygen atoms in total. The molecule has 0 unspecified atom stereocenters. The smallest absolute Gasteiger partial charge is 0.394 e. The van der Waals surface area contributed by atoms with Crippen molar-refractivity contribution in [3.05, 3.63) is 46.4 Å². The largest absolute Gasteiger partial charge is 0.474 e. The van der Waals surface area contributed by atoms with Gasteiger partial charge in [0.1, 0.15) is 5.69 Å². The van der Waals surface area contributed by atoms with Gasteiger partial charge in [0, 0.05) is 7.05 Å². The van der Waals surface area contributed by atoms with Crippen molar-refractivity contribution < 1.29 is 14.7 Å². The van der Waals surface area contributed by atoms with Gasteiger partial charge in [-0.3, -0.25) is 14.3 Å². The molecule has 104 valence electrons. The highest BCUT2D eigenvalue weighted by molar-refractivity contribution is 6.36. The summed E-state index contributed by atoms with van der Waals surface area (Å²) < 4.78 is 2.90. The van der Waals surface area contributed by atoms with Crippen molar-refractivity contribution in [2.75, 3.05) is 5.32 Å². The predicted octanol–water partition coefficient (Wildman–Crippen LogP) is 0.508. The van der Waals surface area contributed by atoms with E-state index in [9.17, 15) is 14.4 Å². The van der Waals surface area contributed by atoms with E-state index in [1.165, 1.54) is 4.68 Å². The van der Waals surface area contributed by atoms with Gasteiger partial charge in [-0.1, -0.05) is 18.2 Å². The summed E-state index contributed by atoms with van der Waals surface area (Å²) in [6, 6.07) is 8.85. The molecule has 0 aliphatic heterocycles. The maximum absolute atomic E-state index is 12.3. The molecule has 1 aromatic carbocycles. The van der Waals surface area contributed by atoms with Crippen molar-refractivity contribution >= 4 is 17.6 Å². The molecule has 0 aliphatic rings. The first-order valence-electron chi connectivity index (χ1n) is 5.81. The Labute approximate surface area is 114 Å². The Morgan fingerprint density at radius 3 is 2.35 bits per heavy atom. The van der Waals surface area contributed by atoms with E-state index < -0.39 is 17.4 Å². The Balaban J connectivity index is 2.55. The maximum Gasteiger partial charge on any atom is 0.394 e. The first kappa shape index (κ1) is 13.6. The molecular formula is C13H13N3O4. The Hall–Kier alpha value is -2.83. The molecule has 0 saturated carbocycles. The minimum absolute atomic E-state index is 0.0382. The number of rotatable bonds is 2. The third-order valence-corrected chi connectivity index (χ3v) is 2.99. The molecule has 0 atom stereocenters. The summed E-state index contributed by atoms with van der Waals surface area (Å²) in [7, 11) is 1.65. The van der Waals surface area contributed by atoms with Gasteiger partial charge in [-0.2, -0.15) is 0 Å². The molecule has 7 heteroatoms. The van der Waals surface area contributed by atoms with Crippen molar-refractivity contribution in [1.82, 2.24) is 9.36 Å². The van der Waals surface area contributed by atoms with Crippen LogP contribution in [0.25, 0.3) is 5.69 Å². The highest BCUT2D eigenvalue weighted by Crippen LogP contribution is 2.13. The van der Waals surface area contributed by atoms with E-state index in [-0.39, 0.29) is 5.69 Å². The number of anilines is 1. The van der Waals surface area contributed by atoms with Crippen LogP contribution in [0.5, 0.6) is 0 Å². The number of nitrogens with one attached hydrogen (secondary N) is 1. The van der Waals surface area contributed by atoms with Gasteiger partial charge in [0.25, 0.3) is 5.56 Å². The standard InChI is InChI=1S/C13H13N3O4/c1-8-10(14-11(17)13(19)20)12(18)16(15(8)2)9-6-4-3-5-7-9/h3-7H,1-2H3,(H,14,17)(H,19,20). The number of carboxylic acids is 1. The number of carbonyl (C=O) groups is 2. The first-order valence-corrected chi connectivity index (χ1v) is 5.81. The molecule has 2 N–H and O–H groups in total. The van der Waals surface area contributed by atoms with Crippen LogP contribution in [0.15, 0.2) is 35.1 Å². The number of hydrogen-bond acceptors (Lipinski definition) is 3. The first-order chi connectivity index (χ1) is 9.43. The molecule has 0 saturated heterocycles. The molecule has 0 spiro atoms. The van der Waals surface area contributed by atoms with Crippen LogP contribution in [0.3, 0.4) is 0 Å². The normalized spacial score (nSPS) is 10.3. The molecule has 0 aliphatic carbocycles. The lowest BCUT2D eigenvalue weighted by Gasteiger charge is -2.07. The fourth-order valence-electron chi connectivity index (χ4n) is 1.88. The van der Waals surface area contributed by atoms with Crippen molar-refractivity contribution in [3.8, 4) is 5.69 Å². The van der Waals surface area contributed by atoms with Crippen LogP contribution in [0.2, 0.25) is 0 Å². The van der Waals surface area contributed by atoms with Crippen LogP contribution in [-0.4, -0.2) is 26.3 Å². The number of aliphatic carboxylic acids is 1. The van der Waals surface area contributed by atoms with E-state index in [2.05, 4.69) is 5.32 Å². The van der Waals surface area contributed by atoms with Gasteiger partial charge >= 0.3 is 11.9 Å². The Bertz CT molecular complexity index is 728. The third kappa shape index (κ3) is 2.20. The van der Waals surface area contributed by atoms with E-state index >= 15 is 0 Å². The number of carbonyl (C=O) groups excluding carboxylic acids is 1. The maximum atomic E-state index is 12.3. The van der Waals surface area contributed by atoms with Crippen molar-refractivity contribution in [1.29, 1.82) is 0 Å². The molecule has 0 radical (unpaired) electrons. The summed E-state index contributed by atoms with van der Waals surface area (Å²) in [6.07, 6.45) is 0. The van der Waals surface area contributed by atoms with E-state index in [0.29, 0.717) is 11.4 Å². The molecule has 1 aromatic heterocycles.